The van der Waals surface area contributed by atoms with E-state index in [1.54, 1.807) is 20.1 Å². The Morgan fingerprint density at radius 3 is 2.58 bits per heavy atom. The van der Waals surface area contributed by atoms with Crippen LogP contribution in [0.1, 0.15) is 27.7 Å². The second kappa shape index (κ2) is 7.79. The summed E-state index contributed by atoms with van der Waals surface area (Å²) in [5.41, 5.74) is 1.42. The van der Waals surface area contributed by atoms with Crippen LogP contribution in [-0.4, -0.2) is 43.5 Å². The smallest absolute Gasteiger partial charge is 0.260 e. The molecule has 1 aromatic heterocycles. The van der Waals surface area contributed by atoms with E-state index >= 15 is 0 Å². The molecule has 2 aromatic rings. The second-order valence-corrected chi connectivity index (χ2v) is 5.82. The summed E-state index contributed by atoms with van der Waals surface area (Å²) in [5, 5.41) is 2.83. The van der Waals surface area contributed by atoms with Crippen molar-refractivity contribution in [3.8, 4) is 5.75 Å². The number of carbonyl (C=O) groups is 1. The number of nitrogens with zero attached hydrogens (tertiary/aromatic N) is 1. The maximum Gasteiger partial charge on any atom is 0.260 e. The Labute approximate surface area is 141 Å². The molecule has 0 saturated carbocycles. The van der Waals surface area contributed by atoms with E-state index in [9.17, 15) is 9.59 Å². The highest BCUT2D eigenvalue weighted by Gasteiger charge is 2.20. The predicted molar refractivity (Wildman–Crippen MR) is 93.6 cm³/mol. The fraction of sp³-hybridized carbons (Fsp3) is 0.333. The molecule has 6 nitrogen and oxygen atoms in total. The van der Waals surface area contributed by atoms with Crippen LogP contribution >= 0.6 is 0 Å². The Morgan fingerprint density at radius 2 is 1.96 bits per heavy atom. The van der Waals surface area contributed by atoms with Crippen LogP contribution in [0.3, 0.4) is 0 Å². The van der Waals surface area contributed by atoms with Gasteiger partial charge in [-0.1, -0.05) is 18.2 Å². The molecular formula is C18H23N3O3. The fourth-order valence-electron chi connectivity index (χ4n) is 2.55. The molecule has 0 radical (unpaired) electrons. The lowest BCUT2D eigenvalue weighted by molar-refractivity contribution is 0.0940. The average molecular weight is 329 g/mol. The van der Waals surface area contributed by atoms with Gasteiger partial charge in [-0.15, -0.1) is 0 Å². The topological polar surface area (TPSA) is 74.4 Å². The first kappa shape index (κ1) is 17.7. The van der Waals surface area contributed by atoms with Gasteiger partial charge in [0.15, 0.2) is 0 Å². The van der Waals surface area contributed by atoms with E-state index in [1.165, 1.54) is 6.07 Å². The monoisotopic (exact) mass is 329 g/mol. The minimum atomic E-state index is -0.391. The number of aryl methyl sites for hydroxylation is 1. The van der Waals surface area contributed by atoms with E-state index in [0.717, 1.165) is 17.0 Å². The second-order valence-electron chi connectivity index (χ2n) is 5.82. The Balaban J connectivity index is 2.17. The van der Waals surface area contributed by atoms with Gasteiger partial charge in [0.2, 0.25) is 0 Å². The van der Waals surface area contributed by atoms with Crippen molar-refractivity contribution in [1.82, 2.24) is 15.2 Å². The predicted octanol–water partition coefficient (Wildman–Crippen LogP) is 1.72. The van der Waals surface area contributed by atoms with Crippen LogP contribution in [0.2, 0.25) is 0 Å². The van der Waals surface area contributed by atoms with Gasteiger partial charge < -0.3 is 19.9 Å². The lowest BCUT2D eigenvalue weighted by Gasteiger charge is -2.26. The molecule has 0 fully saturated rings. The summed E-state index contributed by atoms with van der Waals surface area (Å²) < 4.78 is 5.41. The molecule has 1 unspecified atom stereocenters. The Kier molecular flexibility index (Phi) is 5.76. The van der Waals surface area contributed by atoms with Gasteiger partial charge in [-0.05, 0) is 39.2 Å². The lowest BCUT2D eigenvalue weighted by Crippen LogP contribution is -2.36. The van der Waals surface area contributed by atoms with Gasteiger partial charge in [0.25, 0.3) is 11.5 Å². The summed E-state index contributed by atoms with van der Waals surface area (Å²) in [5.74, 6) is 0.372. The number of hydrogen-bond acceptors (Lipinski definition) is 4. The molecule has 1 amide bonds. The van der Waals surface area contributed by atoms with Crippen LogP contribution in [-0.2, 0) is 0 Å². The van der Waals surface area contributed by atoms with Gasteiger partial charge >= 0.3 is 0 Å². The molecule has 0 spiro atoms. The minimum Gasteiger partial charge on any atom is -0.496 e. The number of benzene rings is 1. The Bertz CT molecular complexity index is 768. The number of rotatable bonds is 6. The normalized spacial score (nSPS) is 12.0. The van der Waals surface area contributed by atoms with E-state index in [-0.39, 0.29) is 17.2 Å². The Morgan fingerprint density at radius 1 is 1.25 bits per heavy atom. The van der Waals surface area contributed by atoms with Crippen molar-refractivity contribution in [3.63, 3.8) is 0 Å². The number of para-hydroxylation sites is 1. The molecule has 2 rings (SSSR count). The molecule has 0 saturated heterocycles. The summed E-state index contributed by atoms with van der Waals surface area (Å²) in [4.78, 5) is 28.8. The molecule has 0 aliphatic carbocycles. The summed E-state index contributed by atoms with van der Waals surface area (Å²) in [6.45, 7) is 2.13. The number of pyridine rings is 1. The van der Waals surface area contributed by atoms with Gasteiger partial charge in [0.05, 0.1) is 13.2 Å². The molecule has 6 heteroatoms. The van der Waals surface area contributed by atoms with Crippen LogP contribution < -0.4 is 15.6 Å². The molecule has 128 valence electrons. The van der Waals surface area contributed by atoms with Gasteiger partial charge in [-0.3, -0.25) is 9.59 Å². The van der Waals surface area contributed by atoms with Gasteiger partial charge in [0, 0.05) is 17.8 Å². The molecular weight excluding hydrogens is 306 g/mol. The number of aromatic amines is 1. The largest absolute Gasteiger partial charge is 0.496 e. The molecule has 1 heterocycles. The minimum absolute atomic E-state index is 0.0744. The van der Waals surface area contributed by atoms with Crippen LogP contribution in [0.4, 0.5) is 0 Å². The molecule has 1 atom stereocenters. The zero-order valence-electron chi connectivity index (χ0n) is 14.4. The van der Waals surface area contributed by atoms with E-state index in [1.807, 2.05) is 43.3 Å². The number of likely N-dealkylation sites (N-methyl/N-ethyl adjacent to an activating group) is 1. The molecule has 24 heavy (non-hydrogen) atoms. The first-order chi connectivity index (χ1) is 11.4. The summed E-state index contributed by atoms with van der Waals surface area (Å²) in [7, 11) is 5.49. The average Bonchev–Trinajstić information content (AvgIpc) is 2.55. The SMILES string of the molecule is COc1ccccc1C(CNC(=O)c1ccc(C)[nH]c1=O)N(C)C. The number of aromatic nitrogens is 1. The van der Waals surface area contributed by atoms with Crippen LogP contribution in [0.25, 0.3) is 0 Å². The van der Waals surface area contributed by atoms with Gasteiger partial charge in [-0.2, -0.15) is 0 Å². The lowest BCUT2D eigenvalue weighted by atomic mass is 10.0. The van der Waals surface area contributed by atoms with E-state index in [0.29, 0.717) is 6.54 Å². The van der Waals surface area contributed by atoms with Crippen molar-refractivity contribution in [2.45, 2.75) is 13.0 Å². The number of hydrogen-bond donors (Lipinski definition) is 2. The molecule has 0 aliphatic heterocycles. The van der Waals surface area contributed by atoms with E-state index in [2.05, 4.69) is 10.3 Å². The Hall–Kier alpha value is -2.60. The zero-order valence-corrected chi connectivity index (χ0v) is 14.4. The summed E-state index contributed by atoms with van der Waals surface area (Å²) in [6, 6.07) is 10.9. The number of methoxy groups -OCH3 is 1. The number of carbonyl (C=O) groups excluding carboxylic acids is 1. The zero-order chi connectivity index (χ0) is 17.7. The molecule has 2 N–H and O–H groups in total. The maximum atomic E-state index is 12.3. The number of amides is 1. The highest BCUT2D eigenvalue weighted by atomic mass is 16.5. The third-order valence-corrected chi connectivity index (χ3v) is 3.88. The van der Waals surface area contributed by atoms with E-state index < -0.39 is 5.91 Å². The van der Waals surface area contributed by atoms with Crippen molar-refractivity contribution < 1.29 is 9.53 Å². The van der Waals surface area contributed by atoms with Crippen molar-refractivity contribution in [2.75, 3.05) is 27.7 Å². The molecule has 0 bridgehead atoms. The summed E-state index contributed by atoms with van der Waals surface area (Å²) >= 11 is 0. The first-order valence-corrected chi connectivity index (χ1v) is 7.71. The number of H-pyrrole nitrogens is 1. The fourth-order valence-corrected chi connectivity index (χ4v) is 2.55. The highest BCUT2D eigenvalue weighted by Crippen LogP contribution is 2.27. The quantitative estimate of drug-likeness (QED) is 0.846. The van der Waals surface area contributed by atoms with Gasteiger partial charge in [0.1, 0.15) is 11.3 Å². The maximum absolute atomic E-state index is 12.3. The third kappa shape index (κ3) is 4.02. The third-order valence-electron chi connectivity index (χ3n) is 3.88. The van der Waals surface area contributed by atoms with Crippen molar-refractivity contribution in [2.24, 2.45) is 0 Å². The van der Waals surface area contributed by atoms with Crippen LogP contribution in [0, 0.1) is 6.92 Å². The molecule has 0 aliphatic rings. The highest BCUT2D eigenvalue weighted by molar-refractivity contribution is 5.93. The van der Waals surface area contributed by atoms with Crippen LogP contribution in [0.15, 0.2) is 41.2 Å². The first-order valence-electron chi connectivity index (χ1n) is 7.71. The van der Waals surface area contributed by atoms with Crippen molar-refractivity contribution in [1.29, 1.82) is 0 Å². The molecule has 1 aromatic carbocycles. The van der Waals surface area contributed by atoms with Crippen molar-refractivity contribution >= 4 is 5.91 Å². The van der Waals surface area contributed by atoms with Crippen molar-refractivity contribution in [3.05, 3.63) is 63.6 Å². The standard InChI is InChI=1S/C18H23N3O3/c1-12-9-10-14(18(23)20-12)17(22)19-11-15(21(2)3)13-7-5-6-8-16(13)24-4/h5-10,15H,11H2,1-4H3,(H,19,22)(H,20,23). The van der Waals surface area contributed by atoms with Crippen LogP contribution in [0.5, 0.6) is 5.75 Å². The van der Waals surface area contributed by atoms with E-state index in [4.69, 9.17) is 4.74 Å². The summed E-state index contributed by atoms with van der Waals surface area (Å²) in [6.07, 6.45) is 0. The number of ether oxygens (including phenoxy) is 1. The number of nitrogens with one attached hydrogen (secondary N) is 2. The van der Waals surface area contributed by atoms with Gasteiger partial charge in [-0.25, -0.2) is 0 Å².